The van der Waals surface area contributed by atoms with E-state index in [1.54, 1.807) is 0 Å². The molecule has 0 aliphatic carbocycles. The second-order valence-corrected chi connectivity index (χ2v) is 6.80. The first-order valence-electron chi connectivity index (χ1n) is 7.24. The van der Waals surface area contributed by atoms with Crippen LogP contribution in [0.1, 0.15) is 42.6 Å². The molecule has 0 radical (unpaired) electrons. The summed E-state index contributed by atoms with van der Waals surface area (Å²) in [6, 6.07) is 2.83. The Kier molecular flexibility index (Phi) is 5.07. The van der Waals surface area contributed by atoms with Crippen molar-refractivity contribution in [2.24, 2.45) is 0 Å². The Bertz CT molecular complexity index is 848. The van der Waals surface area contributed by atoms with Gasteiger partial charge in [-0.15, -0.1) is 10.2 Å². The lowest BCUT2D eigenvalue weighted by atomic mass is 9.91. The van der Waals surface area contributed by atoms with Crippen LogP contribution in [0.2, 0.25) is 0 Å². The lowest BCUT2D eigenvalue weighted by molar-refractivity contribution is -0.394. The number of hydrogen-bond acceptors (Lipinski definition) is 8. The molecule has 0 bridgehead atoms. The van der Waals surface area contributed by atoms with Gasteiger partial charge in [-0.2, -0.15) is 0 Å². The Morgan fingerprint density at radius 1 is 1.24 bits per heavy atom. The molecule has 0 fully saturated rings. The van der Waals surface area contributed by atoms with Gasteiger partial charge in [0.1, 0.15) is 10.6 Å². The lowest BCUT2D eigenvalue weighted by Gasteiger charge is -2.17. The van der Waals surface area contributed by atoms with Gasteiger partial charge in [0.05, 0.1) is 15.9 Å². The Balaban J connectivity index is 2.30. The lowest BCUT2D eigenvalue weighted by Crippen LogP contribution is -2.14. The summed E-state index contributed by atoms with van der Waals surface area (Å²) in [6.07, 6.45) is 0.823. The molecule has 0 spiro atoms. The van der Waals surface area contributed by atoms with Crippen LogP contribution in [0.15, 0.2) is 18.2 Å². The van der Waals surface area contributed by atoms with Gasteiger partial charge in [-0.25, -0.2) is 0 Å². The molecule has 1 aromatic heterocycles. The van der Waals surface area contributed by atoms with Gasteiger partial charge in [-0.05, 0) is 12.5 Å². The van der Waals surface area contributed by atoms with Crippen LogP contribution < -0.4 is 5.32 Å². The average Bonchev–Trinajstić information content (AvgIpc) is 3.03. The highest BCUT2D eigenvalue weighted by atomic mass is 32.1. The van der Waals surface area contributed by atoms with E-state index in [-0.39, 0.29) is 16.1 Å². The first kappa shape index (κ1) is 18.4. The smallest absolute Gasteiger partial charge is 0.289 e. The van der Waals surface area contributed by atoms with E-state index in [9.17, 15) is 25.0 Å². The van der Waals surface area contributed by atoms with Crippen molar-refractivity contribution in [3.8, 4) is 0 Å². The minimum atomic E-state index is -0.840. The summed E-state index contributed by atoms with van der Waals surface area (Å²) < 4.78 is 0. The normalized spacial score (nSPS) is 11.2. The van der Waals surface area contributed by atoms with E-state index >= 15 is 0 Å². The van der Waals surface area contributed by atoms with Crippen LogP contribution in [-0.4, -0.2) is 26.0 Å². The molecule has 25 heavy (non-hydrogen) atoms. The number of carbonyl (C=O) groups is 1. The molecule has 2 aromatic rings. The van der Waals surface area contributed by atoms with Crippen LogP contribution in [0, 0.1) is 20.2 Å². The second kappa shape index (κ2) is 6.89. The van der Waals surface area contributed by atoms with Gasteiger partial charge >= 0.3 is 0 Å². The molecule has 0 aliphatic rings. The van der Waals surface area contributed by atoms with E-state index in [0.29, 0.717) is 0 Å². The van der Waals surface area contributed by atoms with E-state index in [4.69, 9.17) is 0 Å². The van der Waals surface area contributed by atoms with Gasteiger partial charge in [0.25, 0.3) is 17.3 Å². The number of aromatic nitrogens is 2. The van der Waals surface area contributed by atoms with Gasteiger partial charge in [-0.3, -0.25) is 30.3 Å². The van der Waals surface area contributed by atoms with Crippen LogP contribution in [-0.2, 0) is 5.41 Å². The predicted molar refractivity (Wildman–Crippen MR) is 90.9 cm³/mol. The molecule has 0 saturated carbocycles. The van der Waals surface area contributed by atoms with Crippen molar-refractivity contribution in [2.75, 3.05) is 5.32 Å². The zero-order valence-electron chi connectivity index (χ0n) is 13.7. The van der Waals surface area contributed by atoms with Gasteiger partial charge in [0.15, 0.2) is 0 Å². The molecule has 132 valence electrons. The van der Waals surface area contributed by atoms with Crippen LogP contribution in [0.5, 0.6) is 0 Å². The van der Waals surface area contributed by atoms with Crippen molar-refractivity contribution < 1.29 is 14.6 Å². The molecule has 0 unspecified atom stereocenters. The summed E-state index contributed by atoms with van der Waals surface area (Å²) >= 11 is 1.18. The number of carbonyl (C=O) groups excluding carboxylic acids is 1. The highest BCUT2D eigenvalue weighted by Gasteiger charge is 2.26. The maximum Gasteiger partial charge on any atom is 0.289 e. The molecule has 1 heterocycles. The number of rotatable bonds is 6. The number of hydrogen-bond donors (Lipinski definition) is 1. The quantitative estimate of drug-likeness (QED) is 0.611. The summed E-state index contributed by atoms with van der Waals surface area (Å²) in [5.41, 5.74) is -1.61. The van der Waals surface area contributed by atoms with Crippen LogP contribution >= 0.6 is 11.3 Å². The monoisotopic (exact) mass is 365 g/mol. The Morgan fingerprint density at radius 3 is 2.48 bits per heavy atom. The Hall–Kier alpha value is -2.95. The number of nitro benzene ring substituents is 2. The maximum atomic E-state index is 12.3. The SMILES string of the molecule is CCC(C)(C)c1nnc(NC(=O)c2ccc([N+](=O)[O-])cc2[N+](=O)[O-])s1. The first-order valence-corrected chi connectivity index (χ1v) is 8.05. The summed E-state index contributed by atoms with van der Waals surface area (Å²) in [5, 5.41) is 33.1. The second-order valence-electron chi connectivity index (χ2n) is 5.82. The number of nitro groups is 2. The van der Waals surface area contributed by atoms with E-state index in [1.165, 1.54) is 11.3 Å². The molecule has 1 N–H and O–H groups in total. The summed E-state index contributed by atoms with van der Waals surface area (Å²) in [6.45, 7) is 5.97. The van der Waals surface area contributed by atoms with Crippen LogP contribution in [0.25, 0.3) is 0 Å². The molecule has 10 nitrogen and oxygen atoms in total. The van der Waals surface area contributed by atoms with Gasteiger partial charge in [0, 0.05) is 11.5 Å². The summed E-state index contributed by atoms with van der Waals surface area (Å²) in [7, 11) is 0. The highest BCUT2D eigenvalue weighted by molar-refractivity contribution is 7.15. The van der Waals surface area contributed by atoms with Crippen molar-refractivity contribution in [3.05, 3.63) is 49.0 Å². The number of nitrogens with zero attached hydrogens (tertiary/aromatic N) is 4. The highest BCUT2D eigenvalue weighted by Crippen LogP contribution is 2.31. The van der Waals surface area contributed by atoms with E-state index in [1.807, 2.05) is 20.8 Å². The van der Waals surface area contributed by atoms with Gasteiger partial charge in [-0.1, -0.05) is 32.1 Å². The zero-order chi connectivity index (χ0) is 18.8. The molecule has 1 aromatic carbocycles. The summed E-state index contributed by atoms with van der Waals surface area (Å²) in [5.74, 6) is -0.779. The average molecular weight is 365 g/mol. The molecular formula is C14H15N5O5S. The fourth-order valence-corrected chi connectivity index (χ4v) is 2.75. The van der Waals surface area contributed by atoms with Crippen LogP contribution in [0.4, 0.5) is 16.5 Å². The van der Waals surface area contributed by atoms with Gasteiger partial charge < -0.3 is 0 Å². The molecule has 0 atom stereocenters. The van der Waals surface area contributed by atoms with Crippen molar-refractivity contribution >= 4 is 33.8 Å². The molecule has 2 rings (SSSR count). The third kappa shape index (κ3) is 3.94. The number of anilines is 1. The van der Waals surface area contributed by atoms with E-state index < -0.39 is 27.1 Å². The Morgan fingerprint density at radius 2 is 1.92 bits per heavy atom. The standard InChI is InChI=1S/C14H15N5O5S/c1-4-14(2,3)12-16-17-13(25-12)15-11(20)9-6-5-8(18(21)22)7-10(9)19(23)24/h5-7H,4H2,1-3H3,(H,15,17,20). The number of benzene rings is 1. The van der Waals surface area contributed by atoms with Crippen molar-refractivity contribution in [1.29, 1.82) is 0 Å². The molecular weight excluding hydrogens is 350 g/mol. The topological polar surface area (TPSA) is 141 Å². The minimum Gasteiger partial charge on any atom is -0.296 e. The van der Waals surface area contributed by atoms with Crippen molar-refractivity contribution in [2.45, 2.75) is 32.6 Å². The summed E-state index contributed by atoms with van der Waals surface area (Å²) in [4.78, 5) is 32.5. The third-order valence-electron chi connectivity index (χ3n) is 3.74. The molecule has 1 amide bonds. The van der Waals surface area contributed by atoms with E-state index in [0.717, 1.165) is 29.6 Å². The predicted octanol–water partition coefficient (Wildman–Crippen LogP) is 3.29. The third-order valence-corrected chi connectivity index (χ3v) is 4.95. The minimum absolute atomic E-state index is 0.203. The van der Waals surface area contributed by atoms with E-state index in [2.05, 4.69) is 15.5 Å². The van der Waals surface area contributed by atoms with Crippen molar-refractivity contribution in [3.63, 3.8) is 0 Å². The van der Waals surface area contributed by atoms with Crippen LogP contribution in [0.3, 0.4) is 0 Å². The number of non-ortho nitro benzene ring substituents is 1. The molecule has 11 heteroatoms. The van der Waals surface area contributed by atoms with Gasteiger partial charge in [0.2, 0.25) is 5.13 Å². The first-order chi connectivity index (χ1) is 11.7. The Labute approximate surface area is 146 Å². The maximum absolute atomic E-state index is 12.3. The fourth-order valence-electron chi connectivity index (χ4n) is 1.84. The molecule has 0 saturated heterocycles. The van der Waals surface area contributed by atoms with Crippen molar-refractivity contribution in [1.82, 2.24) is 10.2 Å². The fraction of sp³-hybridized carbons (Fsp3) is 0.357. The number of amides is 1. The zero-order valence-corrected chi connectivity index (χ0v) is 14.5. The largest absolute Gasteiger partial charge is 0.296 e. The molecule has 0 aliphatic heterocycles. The number of nitrogens with one attached hydrogen (secondary N) is 1.